The van der Waals surface area contributed by atoms with Crippen molar-refractivity contribution in [3.8, 4) is 11.3 Å². The van der Waals surface area contributed by atoms with Crippen LogP contribution in [0.2, 0.25) is 0 Å². The number of rotatable bonds is 1. The average Bonchev–Trinajstić information content (AvgIpc) is 2.69. The molecule has 0 spiro atoms. The molecule has 4 heteroatoms. The molecule has 0 aliphatic carbocycles. The van der Waals surface area contributed by atoms with E-state index in [0.717, 1.165) is 21.5 Å². The Hall–Kier alpha value is -1.68. The van der Waals surface area contributed by atoms with Crippen molar-refractivity contribution in [2.75, 3.05) is 0 Å². The lowest BCUT2D eigenvalue weighted by molar-refractivity contribution is 0.942. The highest BCUT2D eigenvalue weighted by molar-refractivity contribution is 9.10. The van der Waals surface area contributed by atoms with Crippen molar-refractivity contribution in [3.63, 3.8) is 0 Å². The Labute approximate surface area is 101 Å². The normalized spacial score (nSPS) is 10.8. The minimum atomic E-state index is 0.796. The molecular weight excluding hydrogens is 266 g/mol. The molecule has 78 valence electrons. The minimum absolute atomic E-state index is 0.796. The Bertz CT molecular complexity index is 631. The summed E-state index contributed by atoms with van der Waals surface area (Å²) < 4.78 is 2.57. The van der Waals surface area contributed by atoms with Crippen LogP contribution in [0.25, 0.3) is 16.9 Å². The van der Waals surface area contributed by atoms with Crippen LogP contribution in [-0.4, -0.2) is 14.6 Å². The van der Waals surface area contributed by atoms with Crippen LogP contribution in [0.4, 0.5) is 0 Å². The Balaban J connectivity index is 2.18. The van der Waals surface area contributed by atoms with Gasteiger partial charge >= 0.3 is 0 Å². The second-order valence-corrected chi connectivity index (χ2v) is 4.26. The molecule has 0 saturated heterocycles. The van der Waals surface area contributed by atoms with Crippen LogP contribution in [0.3, 0.4) is 0 Å². The van der Waals surface area contributed by atoms with E-state index in [2.05, 4.69) is 26.0 Å². The first kappa shape index (κ1) is 9.54. The largest absolute Gasteiger partial charge is 0.220 e. The molecule has 0 radical (unpaired) electrons. The Morgan fingerprint density at radius 1 is 1.00 bits per heavy atom. The lowest BCUT2D eigenvalue weighted by Gasteiger charge is -2.00. The van der Waals surface area contributed by atoms with Gasteiger partial charge in [-0.05, 0) is 28.1 Å². The second-order valence-electron chi connectivity index (χ2n) is 3.45. The fourth-order valence-corrected chi connectivity index (χ4v) is 1.99. The topological polar surface area (TPSA) is 30.2 Å². The SMILES string of the molecule is Brc1cn2nc(-c3ccccc3)ccc2n1. The predicted octanol–water partition coefficient (Wildman–Crippen LogP) is 3.16. The first-order valence-corrected chi connectivity index (χ1v) is 5.69. The van der Waals surface area contributed by atoms with Gasteiger partial charge in [0.05, 0.1) is 11.9 Å². The van der Waals surface area contributed by atoms with Crippen LogP contribution < -0.4 is 0 Å². The molecule has 0 unspecified atom stereocenters. The number of fused-ring (bicyclic) bond motifs is 1. The highest BCUT2D eigenvalue weighted by Gasteiger charge is 2.02. The maximum absolute atomic E-state index is 4.49. The van der Waals surface area contributed by atoms with Gasteiger partial charge in [-0.3, -0.25) is 0 Å². The molecule has 0 N–H and O–H groups in total. The van der Waals surface area contributed by atoms with E-state index >= 15 is 0 Å². The Morgan fingerprint density at radius 2 is 1.81 bits per heavy atom. The van der Waals surface area contributed by atoms with Gasteiger partial charge in [-0.25, -0.2) is 9.50 Å². The number of aromatic nitrogens is 3. The van der Waals surface area contributed by atoms with E-state index in [0.29, 0.717) is 0 Å². The summed E-state index contributed by atoms with van der Waals surface area (Å²) in [6.07, 6.45) is 1.85. The zero-order valence-electron chi connectivity index (χ0n) is 8.34. The second kappa shape index (κ2) is 3.72. The summed E-state index contributed by atoms with van der Waals surface area (Å²) >= 11 is 3.33. The van der Waals surface area contributed by atoms with E-state index < -0.39 is 0 Å². The molecule has 3 rings (SSSR count). The van der Waals surface area contributed by atoms with E-state index in [1.54, 1.807) is 4.52 Å². The fourth-order valence-electron chi connectivity index (χ4n) is 1.62. The minimum Gasteiger partial charge on any atom is -0.220 e. The van der Waals surface area contributed by atoms with Gasteiger partial charge in [-0.1, -0.05) is 30.3 Å². The molecule has 3 aromatic rings. The van der Waals surface area contributed by atoms with Crippen LogP contribution in [0.15, 0.2) is 53.3 Å². The molecule has 2 aromatic heterocycles. The van der Waals surface area contributed by atoms with Gasteiger partial charge < -0.3 is 0 Å². The van der Waals surface area contributed by atoms with Gasteiger partial charge in [0.15, 0.2) is 5.65 Å². The number of nitrogens with zero attached hydrogens (tertiary/aromatic N) is 3. The van der Waals surface area contributed by atoms with Crippen molar-refractivity contribution in [3.05, 3.63) is 53.3 Å². The van der Waals surface area contributed by atoms with E-state index in [1.165, 1.54) is 0 Å². The van der Waals surface area contributed by atoms with Crippen molar-refractivity contribution < 1.29 is 0 Å². The van der Waals surface area contributed by atoms with Gasteiger partial charge in [-0.15, -0.1) is 0 Å². The third kappa shape index (κ3) is 1.61. The quantitative estimate of drug-likeness (QED) is 0.682. The van der Waals surface area contributed by atoms with Crippen LogP contribution in [0.5, 0.6) is 0 Å². The number of benzene rings is 1. The summed E-state index contributed by atoms with van der Waals surface area (Å²) in [6.45, 7) is 0. The number of hydrogen-bond donors (Lipinski definition) is 0. The Morgan fingerprint density at radius 3 is 2.62 bits per heavy atom. The zero-order chi connectivity index (χ0) is 11.0. The molecular formula is C12H8BrN3. The predicted molar refractivity (Wildman–Crippen MR) is 66.1 cm³/mol. The number of imidazole rings is 1. The molecule has 0 atom stereocenters. The maximum Gasteiger partial charge on any atom is 0.154 e. The molecule has 0 saturated carbocycles. The fraction of sp³-hybridized carbons (Fsp3) is 0. The van der Waals surface area contributed by atoms with Gasteiger partial charge in [0.1, 0.15) is 4.60 Å². The average molecular weight is 274 g/mol. The molecule has 0 amide bonds. The highest BCUT2D eigenvalue weighted by atomic mass is 79.9. The van der Waals surface area contributed by atoms with Gasteiger partial charge in [0.25, 0.3) is 0 Å². The van der Waals surface area contributed by atoms with E-state index in [1.807, 2.05) is 48.7 Å². The van der Waals surface area contributed by atoms with Crippen molar-refractivity contribution in [2.45, 2.75) is 0 Å². The standard InChI is InChI=1S/C12H8BrN3/c13-11-8-16-12(14-11)7-6-10(15-16)9-4-2-1-3-5-9/h1-8H. The van der Waals surface area contributed by atoms with E-state index in [4.69, 9.17) is 0 Å². The zero-order valence-corrected chi connectivity index (χ0v) is 9.92. The molecule has 0 aliphatic rings. The molecule has 0 bridgehead atoms. The Kier molecular flexibility index (Phi) is 2.22. The highest BCUT2D eigenvalue weighted by Crippen LogP contribution is 2.17. The molecule has 0 aliphatic heterocycles. The number of halogens is 1. The van der Waals surface area contributed by atoms with Crippen molar-refractivity contribution >= 4 is 21.6 Å². The summed E-state index contributed by atoms with van der Waals surface area (Å²) in [5, 5.41) is 4.49. The third-order valence-electron chi connectivity index (χ3n) is 2.36. The molecule has 1 aromatic carbocycles. The molecule has 16 heavy (non-hydrogen) atoms. The summed E-state index contributed by atoms with van der Waals surface area (Å²) in [4.78, 5) is 4.27. The summed E-state index contributed by atoms with van der Waals surface area (Å²) in [5.41, 5.74) is 2.89. The van der Waals surface area contributed by atoms with Crippen LogP contribution in [0, 0.1) is 0 Å². The smallest absolute Gasteiger partial charge is 0.154 e. The van der Waals surface area contributed by atoms with Gasteiger partial charge in [-0.2, -0.15) is 5.10 Å². The van der Waals surface area contributed by atoms with Gasteiger partial charge in [0.2, 0.25) is 0 Å². The van der Waals surface area contributed by atoms with Crippen LogP contribution in [-0.2, 0) is 0 Å². The first-order chi connectivity index (χ1) is 7.83. The lowest BCUT2D eigenvalue weighted by atomic mass is 10.1. The van der Waals surface area contributed by atoms with E-state index in [9.17, 15) is 0 Å². The summed E-state index contributed by atoms with van der Waals surface area (Å²) in [7, 11) is 0. The lowest BCUT2D eigenvalue weighted by Crippen LogP contribution is -1.92. The molecule has 2 heterocycles. The molecule has 0 fully saturated rings. The van der Waals surface area contributed by atoms with Crippen LogP contribution in [0.1, 0.15) is 0 Å². The third-order valence-corrected chi connectivity index (χ3v) is 2.74. The van der Waals surface area contributed by atoms with Crippen molar-refractivity contribution in [2.24, 2.45) is 0 Å². The summed E-state index contributed by atoms with van der Waals surface area (Å²) in [5.74, 6) is 0. The monoisotopic (exact) mass is 273 g/mol. The maximum atomic E-state index is 4.49. The summed E-state index contributed by atoms with van der Waals surface area (Å²) in [6, 6.07) is 14.0. The van der Waals surface area contributed by atoms with Crippen molar-refractivity contribution in [1.29, 1.82) is 0 Å². The number of hydrogen-bond acceptors (Lipinski definition) is 2. The van der Waals surface area contributed by atoms with Crippen molar-refractivity contribution in [1.82, 2.24) is 14.6 Å². The first-order valence-electron chi connectivity index (χ1n) is 4.90. The van der Waals surface area contributed by atoms with Gasteiger partial charge in [0, 0.05) is 5.56 Å². The van der Waals surface area contributed by atoms with E-state index in [-0.39, 0.29) is 0 Å². The molecule has 3 nitrogen and oxygen atoms in total. The van der Waals surface area contributed by atoms with Crippen LogP contribution >= 0.6 is 15.9 Å².